The van der Waals surface area contributed by atoms with Gasteiger partial charge < -0.3 is 20.1 Å². The molecular formula is C15H26N4O3. The van der Waals surface area contributed by atoms with Crippen LogP contribution >= 0.6 is 0 Å². The lowest BCUT2D eigenvalue weighted by molar-refractivity contribution is -0.116. The van der Waals surface area contributed by atoms with Gasteiger partial charge in [-0.3, -0.25) is 4.79 Å². The molecule has 0 bridgehead atoms. The summed E-state index contributed by atoms with van der Waals surface area (Å²) in [5.41, 5.74) is 0. The first-order chi connectivity index (χ1) is 10.5. The maximum Gasteiger partial charge on any atom is 0.317 e. The SMILES string of the molecule is CCCCNC(=O)N(CCC(C)C)CC(=O)Nc1ccon1. The van der Waals surface area contributed by atoms with Crippen LogP contribution in [0.5, 0.6) is 0 Å². The minimum Gasteiger partial charge on any atom is -0.363 e. The molecule has 1 aromatic rings. The lowest BCUT2D eigenvalue weighted by Crippen LogP contribution is -2.45. The third kappa shape index (κ3) is 7.10. The summed E-state index contributed by atoms with van der Waals surface area (Å²) >= 11 is 0. The zero-order valence-electron chi connectivity index (χ0n) is 13.6. The maximum atomic E-state index is 12.2. The fourth-order valence-corrected chi connectivity index (χ4v) is 1.78. The minimum absolute atomic E-state index is 0.00244. The topological polar surface area (TPSA) is 87.5 Å². The van der Waals surface area contributed by atoms with Gasteiger partial charge in [0.1, 0.15) is 12.8 Å². The van der Waals surface area contributed by atoms with Crippen molar-refractivity contribution in [2.45, 2.75) is 40.0 Å². The molecule has 22 heavy (non-hydrogen) atoms. The number of hydrogen-bond acceptors (Lipinski definition) is 4. The van der Waals surface area contributed by atoms with Crippen LogP contribution in [0.1, 0.15) is 40.0 Å². The number of amides is 3. The van der Waals surface area contributed by atoms with Crippen LogP contribution in [0.4, 0.5) is 10.6 Å². The molecule has 2 N–H and O–H groups in total. The molecule has 1 rings (SSSR count). The highest BCUT2D eigenvalue weighted by molar-refractivity contribution is 5.93. The number of nitrogens with zero attached hydrogens (tertiary/aromatic N) is 2. The summed E-state index contributed by atoms with van der Waals surface area (Å²) in [5.74, 6) is 0.521. The van der Waals surface area contributed by atoms with Gasteiger partial charge in [-0.15, -0.1) is 0 Å². The molecule has 0 aromatic carbocycles. The average Bonchev–Trinajstić information content (AvgIpc) is 2.96. The Morgan fingerprint density at radius 1 is 1.41 bits per heavy atom. The lowest BCUT2D eigenvalue weighted by atomic mass is 10.1. The highest BCUT2D eigenvalue weighted by atomic mass is 16.5. The predicted molar refractivity (Wildman–Crippen MR) is 84.5 cm³/mol. The van der Waals surface area contributed by atoms with Crippen LogP contribution in [0.15, 0.2) is 16.9 Å². The molecule has 0 aliphatic rings. The third-order valence-corrected chi connectivity index (χ3v) is 3.11. The second kappa shape index (κ2) is 9.81. The summed E-state index contributed by atoms with van der Waals surface area (Å²) in [6, 6.07) is 1.35. The van der Waals surface area contributed by atoms with Gasteiger partial charge in [0.2, 0.25) is 5.91 Å². The molecule has 1 heterocycles. The van der Waals surface area contributed by atoms with Crippen LogP contribution in [0.25, 0.3) is 0 Å². The first kappa shape index (κ1) is 18.0. The number of urea groups is 1. The summed E-state index contributed by atoms with van der Waals surface area (Å²) in [4.78, 5) is 25.7. The van der Waals surface area contributed by atoms with E-state index in [1.165, 1.54) is 11.2 Å². The summed E-state index contributed by atoms with van der Waals surface area (Å²) in [6.45, 7) is 7.40. The zero-order chi connectivity index (χ0) is 16.4. The summed E-state index contributed by atoms with van der Waals surface area (Å²) in [5, 5.41) is 9.06. The number of aromatic nitrogens is 1. The smallest absolute Gasteiger partial charge is 0.317 e. The first-order valence-corrected chi connectivity index (χ1v) is 7.76. The molecule has 1 aromatic heterocycles. The van der Waals surface area contributed by atoms with E-state index < -0.39 is 0 Å². The monoisotopic (exact) mass is 310 g/mol. The number of hydrogen-bond donors (Lipinski definition) is 2. The van der Waals surface area contributed by atoms with E-state index in [1.807, 2.05) is 0 Å². The molecule has 0 unspecified atom stereocenters. The van der Waals surface area contributed by atoms with Gasteiger partial charge in [-0.2, -0.15) is 0 Å². The Balaban J connectivity index is 2.52. The summed E-state index contributed by atoms with van der Waals surface area (Å²) in [6.07, 6.45) is 4.16. The molecule has 7 heteroatoms. The van der Waals surface area contributed by atoms with E-state index in [4.69, 9.17) is 0 Å². The van der Waals surface area contributed by atoms with E-state index in [2.05, 4.69) is 41.1 Å². The van der Waals surface area contributed by atoms with Crippen LogP contribution < -0.4 is 10.6 Å². The molecule has 0 radical (unpaired) electrons. The lowest BCUT2D eigenvalue weighted by Gasteiger charge is -2.23. The zero-order valence-corrected chi connectivity index (χ0v) is 13.6. The molecule has 0 aliphatic heterocycles. The van der Waals surface area contributed by atoms with Crippen molar-refractivity contribution in [1.29, 1.82) is 0 Å². The van der Waals surface area contributed by atoms with Crippen molar-refractivity contribution in [3.05, 3.63) is 12.3 Å². The normalized spacial score (nSPS) is 10.5. The Hall–Kier alpha value is -2.05. The quantitative estimate of drug-likeness (QED) is 0.686. The molecule has 7 nitrogen and oxygen atoms in total. The molecule has 0 saturated carbocycles. The molecule has 0 saturated heterocycles. The molecule has 3 amide bonds. The van der Waals surface area contributed by atoms with E-state index in [1.54, 1.807) is 6.07 Å². The van der Waals surface area contributed by atoms with Crippen molar-refractivity contribution in [2.75, 3.05) is 25.0 Å². The van der Waals surface area contributed by atoms with Gasteiger partial charge in [-0.25, -0.2) is 4.79 Å². The largest absolute Gasteiger partial charge is 0.363 e. The Kier molecular flexibility index (Phi) is 8.03. The van der Waals surface area contributed by atoms with E-state index in [9.17, 15) is 9.59 Å². The minimum atomic E-state index is -0.289. The first-order valence-electron chi connectivity index (χ1n) is 7.76. The molecule has 0 atom stereocenters. The molecular weight excluding hydrogens is 284 g/mol. The molecule has 0 spiro atoms. The summed E-state index contributed by atoms with van der Waals surface area (Å²) in [7, 11) is 0. The number of carbonyl (C=O) groups excluding carboxylic acids is 2. The standard InChI is InChI=1S/C15H26N4O3/c1-4-5-8-16-15(21)19(9-6-12(2)3)11-14(20)17-13-7-10-22-18-13/h7,10,12H,4-6,8-9,11H2,1-3H3,(H,16,21)(H,17,18,20). The van der Waals surface area contributed by atoms with Crippen molar-refractivity contribution >= 4 is 17.8 Å². The van der Waals surface area contributed by atoms with Crippen molar-refractivity contribution < 1.29 is 14.1 Å². The number of anilines is 1. The average molecular weight is 310 g/mol. The van der Waals surface area contributed by atoms with Crippen LogP contribution in [0.2, 0.25) is 0 Å². The second-order valence-electron chi connectivity index (χ2n) is 5.62. The van der Waals surface area contributed by atoms with E-state index in [0.717, 1.165) is 19.3 Å². The van der Waals surface area contributed by atoms with E-state index in [0.29, 0.717) is 24.8 Å². The van der Waals surface area contributed by atoms with Crippen molar-refractivity contribution in [1.82, 2.24) is 15.4 Å². The highest BCUT2D eigenvalue weighted by Crippen LogP contribution is 2.05. The van der Waals surface area contributed by atoms with Gasteiger partial charge in [-0.05, 0) is 18.8 Å². The van der Waals surface area contributed by atoms with Crippen LogP contribution in [-0.4, -0.2) is 41.6 Å². The van der Waals surface area contributed by atoms with Crippen LogP contribution in [0.3, 0.4) is 0 Å². The van der Waals surface area contributed by atoms with Gasteiger partial charge in [0.15, 0.2) is 5.82 Å². The molecule has 0 aliphatic carbocycles. The maximum absolute atomic E-state index is 12.2. The van der Waals surface area contributed by atoms with Crippen LogP contribution in [-0.2, 0) is 4.79 Å². The molecule has 0 fully saturated rings. The van der Waals surface area contributed by atoms with E-state index in [-0.39, 0.29) is 18.5 Å². The van der Waals surface area contributed by atoms with Gasteiger partial charge in [0, 0.05) is 19.2 Å². The predicted octanol–water partition coefficient (Wildman–Crippen LogP) is 2.47. The fourth-order valence-electron chi connectivity index (χ4n) is 1.78. The van der Waals surface area contributed by atoms with Crippen molar-refractivity contribution in [3.63, 3.8) is 0 Å². The van der Waals surface area contributed by atoms with Gasteiger partial charge in [0.05, 0.1) is 0 Å². The van der Waals surface area contributed by atoms with Crippen molar-refractivity contribution in [2.24, 2.45) is 5.92 Å². The third-order valence-electron chi connectivity index (χ3n) is 3.11. The number of carbonyl (C=O) groups is 2. The number of nitrogens with one attached hydrogen (secondary N) is 2. The van der Waals surface area contributed by atoms with Crippen LogP contribution in [0, 0.1) is 5.92 Å². The Morgan fingerprint density at radius 3 is 2.77 bits per heavy atom. The van der Waals surface area contributed by atoms with Gasteiger partial charge >= 0.3 is 6.03 Å². The number of unbranched alkanes of at least 4 members (excludes halogenated alkanes) is 1. The highest BCUT2D eigenvalue weighted by Gasteiger charge is 2.17. The van der Waals surface area contributed by atoms with Crippen molar-refractivity contribution in [3.8, 4) is 0 Å². The Bertz CT molecular complexity index is 446. The second-order valence-corrected chi connectivity index (χ2v) is 5.62. The van der Waals surface area contributed by atoms with E-state index >= 15 is 0 Å². The Labute approximate surface area is 131 Å². The fraction of sp³-hybridized carbons (Fsp3) is 0.667. The Morgan fingerprint density at radius 2 is 2.18 bits per heavy atom. The summed E-state index contributed by atoms with van der Waals surface area (Å²) < 4.78 is 4.65. The van der Waals surface area contributed by atoms with Gasteiger partial charge in [-0.1, -0.05) is 32.3 Å². The number of rotatable bonds is 9. The van der Waals surface area contributed by atoms with Gasteiger partial charge in [0.25, 0.3) is 0 Å². The molecule has 124 valence electrons.